The third-order valence-electron chi connectivity index (χ3n) is 2.10. The van der Waals surface area contributed by atoms with Crippen molar-refractivity contribution in [2.45, 2.75) is 6.92 Å². The molecule has 0 saturated heterocycles. The molecule has 0 aliphatic carbocycles. The van der Waals surface area contributed by atoms with Gasteiger partial charge >= 0.3 is 11.8 Å². The van der Waals surface area contributed by atoms with Crippen LogP contribution in [0.4, 0.5) is 5.82 Å². The Kier molecular flexibility index (Phi) is 3.81. The number of nitrogens with one attached hydrogen (secondary N) is 2. The molecule has 8 heteroatoms. The number of H-pyrrole nitrogens is 1. The predicted molar refractivity (Wildman–Crippen MR) is 56.6 cm³/mol. The van der Waals surface area contributed by atoms with Crippen LogP contribution >= 0.6 is 0 Å². The van der Waals surface area contributed by atoms with E-state index < -0.39 is 22.7 Å². The highest BCUT2D eigenvalue weighted by atomic mass is 16.6. The van der Waals surface area contributed by atoms with Gasteiger partial charge < -0.3 is 20.5 Å². The van der Waals surface area contributed by atoms with Gasteiger partial charge in [0.25, 0.3) is 5.91 Å². The van der Waals surface area contributed by atoms with E-state index in [4.69, 9.17) is 5.11 Å². The van der Waals surface area contributed by atoms with E-state index in [2.05, 4.69) is 10.3 Å². The molecule has 0 radical (unpaired) electrons. The quantitative estimate of drug-likeness (QED) is 0.507. The second kappa shape index (κ2) is 5.10. The van der Waals surface area contributed by atoms with Crippen molar-refractivity contribution >= 4 is 17.7 Å². The maximum absolute atomic E-state index is 11.4. The molecular weight excluding hydrogens is 230 g/mol. The van der Waals surface area contributed by atoms with Gasteiger partial charge in [-0.15, -0.1) is 0 Å². The average molecular weight is 241 g/mol. The molecule has 92 valence electrons. The van der Waals surface area contributed by atoms with E-state index in [0.29, 0.717) is 0 Å². The van der Waals surface area contributed by atoms with E-state index >= 15 is 0 Å². The predicted octanol–water partition coefficient (Wildman–Crippen LogP) is 0.373. The van der Waals surface area contributed by atoms with Crippen LogP contribution < -0.4 is 5.32 Å². The maximum Gasteiger partial charge on any atom is 0.321 e. The first-order valence-corrected chi connectivity index (χ1v) is 4.76. The SMILES string of the molecule is CC(CNC(=O)c1ccc([N+](=O)[O-])[nH]1)C(=O)O. The van der Waals surface area contributed by atoms with Crippen molar-refractivity contribution < 1.29 is 19.6 Å². The van der Waals surface area contributed by atoms with Gasteiger partial charge in [0.05, 0.1) is 5.92 Å². The van der Waals surface area contributed by atoms with Gasteiger partial charge in [-0.25, -0.2) is 4.98 Å². The van der Waals surface area contributed by atoms with E-state index in [1.165, 1.54) is 13.0 Å². The fourth-order valence-electron chi connectivity index (χ4n) is 1.05. The van der Waals surface area contributed by atoms with Gasteiger partial charge in [-0.05, 0) is 11.0 Å². The summed E-state index contributed by atoms with van der Waals surface area (Å²) in [6.07, 6.45) is 0. The average Bonchev–Trinajstić information content (AvgIpc) is 2.74. The summed E-state index contributed by atoms with van der Waals surface area (Å²) < 4.78 is 0. The number of aromatic amines is 1. The number of hydrogen-bond acceptors (Lipinski definition) is 4. The van der Waals surface area contributed by atoms with E-state index in [-0.39, 0.29) is 18.1 Å². The molecule has 0 saturated carbocycles. The molecular formula is C9H11N3O5. The molecule has 1 atom stereocenters. The van der Waals surface area contributed by atoms with Crippen molar-refractivity contribution in [2.24, 2.45) is 5.92 Å². The number of carboxylic acids is 1. The van der Waals surface area contributed by atoms with Crippen LogP contribution in [0, 0.1) is 16.0 Å². The summed E-state index contributed by atoms with van der Waals surface area (Å²) in [5.41, 5.74) is 0.0225. The number of hydrogen-bond donors (Lipinski definition) is 3. The number of carboxylic acid groups (broad SMARTS) is 1. The molecule has 0 aliphatic heterocycles. The lowest BCUT2D eigenvalue weighted by molar-refractivity contribution is -0.389. The van der Waals surface area contributed by atoms with Gasteiger partial charge in [-0.2, -0.15) is 0 Å². The highest BCUT2D eigenvalue weighted by Crippen LogP contribution is 2.09. The normalized spacial score (nSPS) is 11.8. The second-order valence-corrected chi connectivity index (χ2v) is 3.46. The molecule has 17 heavy (non-hydrogen) atoms. The number of carbonyl (C=O) groups is 2. The zero-order valence-electron chi connectivity index (χ0n) is 8.97. The maximum atomic E-state index is 11.4. The Morgan fingerprint density at radius 3 is 2.71 bits per heavy atom. The number of nitro groups is 1. The third kappa shape index (κ3) is 3.30. The lowest BCUT2D eigenvalue weighted by Gasteiger charge is -2.05. The zero-order valence-corrected chi connectivity index (χ0v) is 8.97. The van der Waals surface area contributed by atoms with Crippen molar-refractivity contribution in [3.63, 3.8) is 0 Å². The molecule has 1 aromatic rings. The van der Waals surface area contributed by atoms with E-state index in [1.54, 1.807) is 0 Å². The molecule has 1 heterocycles. The van der Waals surface area contributed by atoms with Crippen molar-refractivity contribution in [2.75, 3.05) is 6.54 Å². The third-order valence-corrected chi connectivity index (χ3v) is 2.10. The minimum atomic E-state index is -1.03. The van der Waals surface area contributed by atoms with Crippen LogP contribution in [-0.2, 0) is 4.79 Å². The fourth-order valence-corrected chi connectivity index (χ4v) is 1.05. The summed E-state index contributed by atoms with van der Waals surface area (Å²) in [7, 11) is 0. The topological polar surface area (TPSA) is 125 Å². The van der Waals surface area contributed by atoms with E-state index in [1.807, 2.05) is 0 Å². The number of carbonyl (C=O) groups excluding carboxylic acids is 1. The monoisotopic (exact) mass is 241 g/mol. The highest BCUT2D eigenvalue weighted by Gasteiger charge is 2.17. The molecule has 3 N–H and O–H groups in total. The van der Waals surface area contributed by atoms with Crippen LogP contribution in [0.25, 0.3) is 0 Å². The highest BCUT2D eigenvalue weighted by molar-refractivity contribution is 5.93. The first-order valence-electron chi connectivity index (χ1n) is 4.76. The fraction of sp³-hybridized carbons (Fsp3) is 0.333. The number of aromatic nitrogens is 1. The zero-order chi connectivity index (χ0) is 13.0. The van der Waals surface area contributed by atoms with Crippen LogP contribution in [-0.4, -0.2) is 33.4 Å². The summed E-state index contributed by atoms with van der Waals surface area (Å²) in [6.45, 7) is 1.40. The Labute approximate surface area is 95.8 Å². The summed E-state index contributed by atoms with van der Waals surface area (Å²) in [5, 5.41) is 21.3. The van der Waals surface area contributed by atoms with Crippen LogP contribution in [0.2, 0.25) is 0 Å². The number of rotatable bonds is 5. The largest absolute Gasteiger partial charge is 0.481 e. The molecule has 1 unspecified atom stereocenters. The smallest absolute Gasteiger partial charge is 0.321 e. The summed E-state index contributed by atoms with van der Waals surface area (Å²) >= 11 is 0. The minimum absolute atomic E-state index is 0.0225. The van der Waals surface area contributed by atoms with Crippen LogP contribution in [0.15, 0.2) is 12.1 Å². The Hall–Kier alpha value is -2.38. The lowest BCUT2D eigenvalue weighted by atomic mass is 10.2. The first-order chi connectivity index (χ1) is 7.91. The van der Waals surface area contributed by atoms with Crippen LogP contribution in [0.1, 0.15) is 17.4 Å². The van der Waals surface area contributed by atoms with Gasteiger partial charge in [0.1, 0.15) is 0 Å². The van der Waals surface area contributed by atoms with Crippen LogP contribution in [0.3, 0.4) is 0 Å². The summed E-state index contributed by atoms with van der Waals surface area (Å²) in [5.74, 6) is -2.61. The molecule has 0 fully saturated rings. The summed E-state index contributed by atoms with van der Waals surface area (Å²) in [6, 6.07) is 2.43. The van der Waals surface area contributed by atoms with Crippen LogP contribution in [0.5, 0.6) is 0 Å². The molecule has 1 rings (SSSR count). The van der Waals surface area contributed by atoms with Crippen molar-refractivity contribution in [1.29, 1.82) is 0 Å². The van der Waals surface area contributed by atoms with Gasteiger partial charge in [0.15, 0.2) is 5.69 Å². The second-order valence-electron chi connectivity index (χ2n) is 3.46. The van der Waals surface area contributed by atoms with E-state index in [0.717, 1.165) is 6.07 Å². The number of amides is 1. The molecule has 0 aromatic carbocycles. The van der Waals surface area contributed by atoms with E-state index in [9.17, 15) is 19.7 Å². The molecule has 0 aliphatic rings. The molecule has 1 aromatic heterocycles. The Balaban J connectivity index is 2.58. The molecule has 0 bridgehead atoms. The van der Waals surface area contributed by atoms with Crippen molar-refractivity contribution in [3.05, 3.63) is 27.9 Å². The number of nitrogens with zero attached hydrogens (tertiary/aromatic N) is 1. The number of aliphatic carboxylic acids is 1. The van der Waals surface area contributed by atoms with Gasteiger partial charge in [0, 0.05) is 12.6 Å². The molecule has 8 nitrogen and oxygen atoms in total. The lowest BCUT2D eigenvalue weighted by Crippen LogP contribution is -2.31. The Bertz CT molecular complexity index is 453. The Morgan fingerprint density at radius 1 is 1.59 bits per heavy atom. The molecule has 1 amide bonds. The summed E-state index contributed by atoms with van der Waals surface area (Å²) in [4.78, 5) is 34.0. The molecule has 0 spiro atoms. The van der Waals surface area contributed by atoms with Gasteiger partial charge in [-0.3, -0.25) is 9.59 Å². The van der Waals surface area contributed by atoms with Gasteiger partial charge in [-0.1, -0.05) is 6.92 Å². The van der Waals surface area contributed by atoms with Gasteiger partial charge in [0.2, 0.25) is 0 Å². The minimum Gasteiger partial charge on any atom is -0.481 e. The standard InChI is InChI=1S/C9H11N3O5/c1-5(9(14)15)4-10-8(13)6-2-3-7(11-6)12(16)17/h2-3,5,11H,4H2,1H3,(H,10,13)(H,14,15). The van der Waals surface area contributed by atoms with Crippen molar-refractivity contribution in [1.82, 2.24) is 10.3 Å². The Morgan fingerprint density at radius 2 is 2.24 bits per heavy atom. The van der Waals surface area contributed by atoms with Crippen molar-refractivity contribution in [3.8, 4) is 0 Å². The first kappa shape index (κ1) is 12.7.